The van der Waals surface area contributed by atoms with Gasteiger partial charge in [-0.25, -0.2) is 8.78 Å². The second-order valence-corrected chi connectivity index (χ2v) is 3.98. The highest BCUT2D eigenvalue weighted by Crippen LogP contribution is 2.11. The number of rotatable bonds is 4. The highest BCUT2D eigenvalue weighted by Gasteiger charge is 2.02. The van der Waals surface area contributed by atoms with Crippen LogP contribution in [0.15, 0.2) is 42.5 Å². The van der Waals surface area contributed by atoms with Crippen LogP contribution in [-0.4, -0.2) is 0 Å². The minimum atomic E-state index is -0.858. The Kier molecular flexibility index (Phi) is 3.89. The summed E-state index contributed by atoms with van der Waals surface area (Å²) in [6, 6.07) is 11.0. The number of nitrogens with two attached hydrogens (primary N) is 1. The van der Waals surface area contributed by atoms with Crippen molar-refractivity contribution in [1.29, 1.82) is 0 Å². The van der Waals surface area contributed by atoms with Crippen molar-refractivity contribution in [3.8, 4) is 0 Å². The summed E-state index contributed by atoms with van der Waals surface area (Å²) in [5.41, 5.74) is 7.83. The molecule has 0 heterocycles. The van der Waals surface area contributed by atoms with Gasteiger partial charge in [0.05, 0.1) is 13.2 Å². The van der Waals surface area contributed by atoms with E-state index in [1.54, 1.807) is 12.1 Å². The van der Waals surface area contributed by atoms with E-state index in [-0.39, 0.29) is 6.61 Å². The lowest BCUT2D eigenvalue weighted by Crippen LogP contribution is -1.96. The lowest BCUT2D eigenvalue weighted by molar-refractivity contribution is 0.107. The van der Waals surface area contributed by atoms with E-state index >= 15 is 0 Å². The maximum absolute atomic E-state index is 12.9. The zero-order chi connectivity index (χ0) is 13.0. The van der Waals surface area contributed by atoms with Crippen molar-refractivity contribution in [3.63, 3.8) is 0 Å². The molecule has 0 atom stereocenters. The standard InChI is InChI=1S/C14H13F2NO/c15-13-6-3-11(7-14(13)16)9-18-8-10-1-4-12(17)5-2-10/h1-7H,8-9,17H2. The third kappa shape index (κ3) is 3.28. The van der Waals surface area contributed by atoms with Gasteiger partial charge in [-0.2, -0.15) is 0 Å². The van der Waals surface area contributed by atoms with E-state index in [9.17, 15) is 8.78 Å². The summed E-state index contributed by atoms with van der Waals surface area (Å²) in [5.74, 6) is -1.71. The maximum atomic E-state index is 12.9. The largest absolute Gasteiger partial charge is 0.399 e. The molecular formula is C14H13F2NO. The van der Waals surface area contributed by atoms with E-state index in [4.69, 9.17) is 10.5 Å². The Morgan fingerprint density at radius 1 is 0.833 bits per heavy atom. The number of benzene rings is 2. The second kappa shape index (κ2) is 5.60. The molecule has 18 heavy (non-hydrogen) atoms. The topological polar surface area (TPSA) is 35.2 Å². The first-order chi connectivity index (χ1) is 8.65. The van der Waals surface area contributed by atoms with Crippen LogP contribution in [0, 0.1) is 11.6 Å². The van der Waals surface area contributed by atoms with Crippen molar-refractivity contribution in [2.45, 2.75) is 13.2 Å². The van der Waals surface area contributed by atoms with E-state index in [1.165, 1.54) is 6.07 Å². The fraction of sp³-hybridized carbons (Fsp3) is 0.143. The smallest absolute Gasteiger partial charge is 0.159 e. The van der Waals surface area contributed by atoms with Crippen LogP contribution in [0.5, 0.6) is 0 Å². The molecule has 2 rings (SSSR count). The Labute approximate surface area is 104 Å². The Balaban J connectivity index is 1.88. The molecule has 0 aromatic heterocycles. The molecule has 0 fully saturated rings. The molecule has 0 saturated heterocycles. The Bertz CT molecular complexity index is 526. The lowest BCUT2D eigenvalue weighted by atomic mass is 10.2. The molecule has 2 nitrogen and oxygen atoms in total. The second-order valence-electron chi connectivity index (χ2n) is 3.98. The monoisotopic (exact) mass is 249 g/mol. The van der Waals surface area contributed by atoms with E-state index in [1.807, 2.05) is 12.1 Å². The zero-order valence-corrected chi connectivity index (χ0v) is 9.70. The van der Waals surface area contributed by atoms with Gasteiger partial charge in [0.25, 0.3) is 0 Å². The first-order valence-electron chi connectivity index (χ1n) is 5.51. The molecule has 4 heteroatoms. The van der Waals surface area contributed by atoms with Crippen LogP contribution >= 0.6 is 0 Å². The summed E-state index contributed by atoms with van der Waals surface area (Å²) < 4.78 is 31.0. The summed E-state index contributed by atoms with van der Waals surface area (Å²) in [7, 11) is 0. The van der Waals surface area contributed by atoms with Gasteiger partial charge in [-0.05, 0) is 35.4 Å². The fourth-order valence-electron chi connectivity index (χ4n) is 1.53. The Morgan fingerprint density at radius 3 is 2.11 bits per heavy atom. The summed E-state index contributed by atoms with van der Waals surface area (Å²) in [6.07, 6.45) is 0. The molecule has 2 aromatic rings. The average Bonchev–Trinajstić information content (AvgIpc) is 2.36. The molecule has 0 bridgehead atoms. The van der Waals surface area contributed by atoms with Crippen LogP contribution in [0.1, 0.15) is 11.1 Å². The summed E-state index contributed by atoms with van der Waals surface area (Å²) in [6.45, 7) is 0.640. The number of nitrogen functional groups attached to an aromatic ring is 1. The molecule has 2 N–H and O–H groups in total. The van der Waals surface area contributed by atoms with Gasteiger partial charge >= 0.3 is 0 Å². The summed E-state index contributed by atoms with van der Waals surface area (Å²) in [4.78, 5) is 0. The Morgan fingerprint density at radius 2 is 1.44 bits per heavy atom. The fourth-order valence-corrected chi connectivity index (χ4v) is 1.53. The minimum Gasteiger partial charge on any atom is -0.399 e. The number of hydrogen-bond donors (Lipinski definition) is 1. The van der Waals surface area contributed by atoms with Crippen molar-refractivity contribution < 1.29 is 13.5 Å². The summed E-state index contributed by atoms with van der Waals surface area (Å²) >= 11 is 0. The molecular weight excluding hydrogens is 236 g/mol. The third-order valence-corrected chi connectivity index (χ3v) is 2.50. The first-order valence-corrected chi connectivity index (χ1v) is 5.51. The number of hydrogen-bond acceptors (Lipinski definition) is 2. The highest BCUT2D eigenvalue weighted by atomic mass is 19.2. The summed E-state index contributed by atoms with van der Waals surface area (Å²) in [5, 5.41) is 0. The van der Waals surface area contributed by atoms with Crippen LogP contribution in [0.25, 0.3) is 0 Å². The van der Waals surface area contributed by atoms with Crippen molar-refractivity contribution >= 4 is 5.69 Å². The van der Waals surface area contributed by atoms with Crippen LogP contribution < -0.4 is 5.73 Å². The molecule has 0 amide bonds. The molecule has 0 radical (unpaired) electrons. The van der Waals surface area contributed by atoms with E-state index in [0.29, 0.717) is 17.9 Å². The normalized spacial score (nSPS) is 10.6. The molecule has 94 valence electrons. The van der Waals surface area contributed by atoms with Crippen LogP contribution in [0.3, 0.4) is 0 Å². The first kappa shape index (κ1) is 12.5. The molecule has 0 unspecified atom stereocenters. The van der Waals surface area contributed by atoms with Gasteiger partial charge in [-0.15, -0.1) is 0 Å². The molecule has 0 saturated carbocycles. The van der Waals surface area contributed by atoms with Crippen LogP contribution in [0.4, 0.5) is 14.5 Å². The predicted molar refractivity (Wildman–Crippen MR) is 65.7 cm³/mol. The molecule has 2 aromatic carbocycles. The highest BCUT2D eigenvalue weighted by molar-refractivity contribution is 5.39. The predicted octanol–water partition coefficient (Wildman–Crippen LogP) is 3.26. The van der Waals surface area contributed by atoms with E-state index in [2.05, 4.69) is 0 Å². The number of anilines is 1. The van der Waals surface area contributed by atoms with Gasteiger partial charge in [0, 0.05) is 5.69 Å². The molecule has 0 spiro atoms. The van der Waals surface area contributed by atoms with Gasteiger partial charge in [0.2, 0.25) is 0 Å². The molecule has 0 aliphatic carbocycles. The lowest BCUT2D eigenvalue weighted by Gasteiger charge is -2.05. The van der Waals surface area contributed by atoms with Crippen molar-refractivity contribution in [2.24, 2.45) is 0 Å². The van der Waals surface area contributed by atoms with E-state index < -0.39 is 11.6 Å². The maximum Gasteiger partial charge on any atom is 0.159 e. The van der Waals surface area contributed by atoms with Crippen molar-refractivity contribution in [1.82, 2.24) is 0 Å². The van der Waals surface area contributed by atoms with Crippen LogP contribution in [-0.2, 0) is 18.0 Å². The Hall–Kier alpha value is -1.94. The van der Waals surface area contributed by atoms with Gasteiger partial charge < -0.3 is 10.5 Å². The van der Waals surface area contributed by atoms with Crippen molar-refractivity contribution in [3.05, 3.63) is 65.2 Å². The zero-order valence-electron chi connectivity index (χ0n) is 9.70. The molecule has 0 aliphatic rings. The minimum absolute atomic E-state index is 0.238. The molecule has 0 aliphatic heterocycles. The van der Waals surface area contributed by atoms with Gasteiger partial charge in [-0.1, -0.05) is 18.2 Å². The van der Waals surface area contributed by atoms with Gasteiger partial charge in [0.1, 0.15) is 0 Å². The third-order valence-electron chi connectivity index (χ3n) is 2.50. The van der Waals surface area contributed by atoms with Crippen molar-refractivity contribution in [2.75, 3.05) is 5.73 Å². The average molecular weight is 249 g/mol. The van der Waals surface area contributed by atoms with Gasteiger partial charge in [-0.3, -0.25) is 0 Å². The van der Waals surface area contributed by atoms with Crippen LogP contribution in [0.2, 0.25) is 0 Å². The van der Waals surface area contributed by atoms with E-state index in [0.717, 1.165) is 17.7 Å². The SMILES string of the molecule is Nc1ccc(COCc2ccc(F)c(F)c2)cc1. The number of halogens is 2. The quantitative estimate of drug-likeness (QED) is 0.844. The number of ether oxygens (including phenoxy) is 1. The van der Waals surface area contributed by atoms with Gasteiger partial charge in [0.15, 0.2) is 11.6 Å².